The van der Waals surface area contributed by atoms with Crippen molar-refractivity contribution in [3.63, 3.8) is 0 Å². The summed E-state index contributed by atoms with van der Waals surface area (Å²) in [6.45, 7) is 6.00. The lowest BCUT2D eigenvalue weighted by Gasteiger charge is -2.26. The van der Waals surface area contributed by atoms with E-state index in [0.29, 0.717) is 52.4 Å². The molecule has 39 heavy (non-hydrogen) atoms. The number of ether oxygens (including phenoxy) is 3. The summed E-state index contributed by atoms with van der Waals surface area (Å²) in [5.74, 6) is 1.31. The third kappa shape index (κ3) is 6.91. The molecule has 0 aliphatic carbocycles. The number of amides is 1. The monoisotopic (exact) mass is 531 g/mol. The second-order valence-corrected chi connectivity index (χ2v) is 9.78. The number of benzene rings is 2. The molecule has 10 nitrogen and oxygen atoms in total. The highest BCUT2D eigenvalue weighted by atomic mass is 16.6. The molecule has 1 amide bonds. The van der Waals surface area contributed by atoms with Crippen LogP contribution in [0.2, 0.25) is 0 Å². The van der Waals surface area contributed by atoms with E-state index in [4.69, 9.17) is 19.2 Å². The quantitative estimate of drug-likeness (QED) is 0.285. The molecule has 4 aromatic rings. The van der Waals surface area contributed by atoms with Gasteiger partial charge >= 0.3 is 6.09 Å². The Balaban J connectivity index is 1.73. The van der Waals surface area contributed by atoms with E-state index in [1.807, 2.05) is 36.4 Å². The number of methoxy groups -OCH3 is 2. The number of rotatable bonds is 9. The molecule has 0 aliphatic heterocycles. The van der Waals surface area contributed by atoms with Gasteiger partial charge in [0.25, 0.3) is 0 Å². The molecular weight excluding hydrogens is 498 g/mol. The highest BCUT2D eigenvalue weighted by Gasteiger charge is 2.19. The summed E-state index contributed by atoms with van der Waals surface area (Å²) < 4.78 is 16.3. The third-order valence-electron chi connectivity index (χ3n) is 5.76. The average molecular weight is 532 g/mol. The molecule has 0 saturated carbocycles. The molecule has 0 radical (unpaired) electrons. The maximum atomic E-state index is 12.4. The Morgan fingerprint density at radius 2 is 1.72 bits per heavy atom. The van der Waals surface area contributed by atoms with Crippen LogP contribution in [0.25, 0.3) is 22.3 Å². The SMILES string of the molecule is COc1cc(OC)cc(N(CCCO)c2ccc3ncc(-c4ccncc4NC(=O)OC(C)(C)C)nc3c2)c1. The van der Waals surface area contributed by atoms with E-state index in [1.54, 1.807) is 59.6 Å². The number of fused-ring (bicyclic) bond motifs is 1. The molecule has 0 unspecified atom stereocenters. The molecule has 2 aromatic carbocycles. The van der Waals surface area contributed by atoms with Crippen LogP contribution in [-0.2, 0) is 4.74 Å². The first-order chi connectivity index (χ1) is 18.7. The first kappa shape index (κ1) is 27.6. The van der Waals surface area contributed by atoms with Crippen molar-refractivity contribution in [3.05, 3.63) is 61.1 Å². The molecule has 0 fully saturated rings. The number of pyridine rings is 1. The summed E-state index contributed by atoms with van der Waals surface area (Å²) >= 11 is 0. The van der Waals surface area contributed by atoms with E-state index in [2.05, 4.69) is 20.2 Å². The Labute approximate surface area is 227 Å². The fraction of sp³-hybridized carbons (Fsp3) is 0.310. The zero-order valence-electron chi connectivity index (χ0n) is 22.8. The van der Waals surface area contributed by atoms with Crippen LogP contribution in [-0.4, -0.2) is 59.1 Å². The number of carbonyl (C=O) groups is 1. The minimum atomic E-state index is -0.639. The van der Waals surface area contributed by atoms with Crippen LogP contribution in [0.4, 0.5) is 21.9 Å². The smallest absolute Gasteiger partial charge is 0.412 e. The van der Waals surface area contributed by atoms with Crippen molar-refractivity contribution >= 4 is 34.2 Å². The zero-order chi connectivity index (χ0) is 28.0. The van der Waals surface area contributed by atoms with Gasteiger partial charge in [-0.15, -0.1) is 0 Å². The molecule has 2 aromatic heterocycles. The predicted octanol–water partition coefficient (Wildman–Crippen LogP) is 5.58. The van der Waals surface area contributed by atoms with Crippen LogP contribution >= 0.6 is 0 Å². The number of aromatic nitrogens is 3. The van der Waals surface area contributed by atoms with Crippen molar-refractivity contribution in [2.45, 2.75) is 32.8 Å². The van der Waals surface area contributed by atoms with E-state index in [-0.39, 0.29) is 6.61 Å². The zero-order valence-corrected chi connectivity index (χ0v) is 22.8. The molecule has 0 bridgehead atoms. The number of anilines is 3. The van der Waals surface area contributed by atoms with Gasteiger partial charge in [0.1, 0.15) is 17.1 Å². The Bertz CT molecular complexity index is 1430. The highest BCUT2D eigenvalue weighted by molar-refractivity contribution is 5.91. The second kappa shape index (κ2) is 12.0. The summed E-state index contributed by atoms with van der Waals surface area (Å²) in [5, 5.41) is 12.3. The largest absolute Gasteiger partial charge is 0.497 e. The van der Waals surface area contributed by atoms with E-state index >= 15 is 0 Å². The van der Waals surface area contributed by atoms with Crippen LogP contribution in [0, 0.1) is 0 Å². The van der Waals surface area contributed by atoms with E-state index < -0.39 is 11.7 Å². The molecule has 0 atom stereocenters. The average Bonchev–Trinajstić information content (AvgIpc) is 2.91. The van der Waals surface area contributed by atoms with E-state index in [1.165, 1.54) is 0 Å². The first-order valence-corrected chi connectivity index (χ1v) is 12.5. The Hall–Kier alpha value is -4.44. The summed E-state index contributed by atoms with van der Waals surface area (Å²) in [5.41, 5.74) is 4.13. The van der Waals surface area contributed by atoms with Crippen molar-refractivity contribution < 1.29 is 24.1 Å². The fourth-order valence-electron chi connectivity index (χ4n) is 4.01. The summed E-state index contributed by atoms with van der Waals surface area (Å²) in [6, 6.07) is 13.2. The number of hydrogen-bond donors (Lipinski definition) is 2. The molecule has 204 valence electrons. The van der Waals surface area contributed by atoms with Gasteiger partial charge < -0.3 is 24.2 Å². The van der Waals surface area contributed by atoms with Crippen LogP contribution < -0.4 is 19.7 Å². The predicted molar refractivity (Wildman–Crippen MR) is 151 cm³/mol. The summed E-state index contributed by atoms with van der Waals surface area (Å²) in [7, 11) is 3.21. The van der Waals surface area contributed by atoms with Crippen molar-refractivity contribution in [2.24, 2.45) is 0 Å². The number of nitrogens with zero attached hydrogens (tertiary/aromatic N) is 4. The van der Waals surface area contributed by atoms with Crippen LogP contribution in [0.5, 0.6) is 11.5 Å². The summed E-state index contributed by atoms with van der Waals surface area (Å²) in [4.78, 5) is 28.1. The van der Waals surface area contributed by atoms with Crippen molar-refractivity contribution in [1.82, 2.24) is 15.0 Å². The van der Waals surface area contributed by atoms with Crippen molar-refractivity contribution in [2.75, 3.05) is 37.6 Å². The van der Waals surface area contributed by atoms with Crippen LogP contribution in [0.3, 0.4) is 0 Å². The number of aliphatic hydroxyl groups excluding tert-OH is 1. The lowest BCUT2D eigenvalue weighted by atomic mass is 10.1. The molecule has 0 spiro atoms. The van der Waals surface area contributed by atoms with Gasteiger partial charge in [0.2, 0.25) is 0 Å². The van der Waals surface area contributed by atoms with Gasteiger partial charge in [-0.05, 0) is 51.5 Å². The van der Waals surface area contributed by atoms with Gasteiger partial charge in [0.05, 0.1) is 49.0 Å². The molecule has 10 heteroatoms. The number of nitrogens with one attached hydrogen (secondary N) is 1. The number of aliphatic hydroxyl groups is 1. The van der Waals surface area contributed by atoms with E-state index in [0.717, 1.165) is 11.4 Å². The topological polar surface area (TPSA) is 119 Å². The van der Waals surface area contributed by atoms with Gasteiger partial charge in [-0.3, -0.25) is 15.3 Å². The van der Waals surface area contributed by atoms with Crippen molar-refractivity contribution in [1.29, 1.82) is 0 Å². The van der Waals surface area contributed by atoms with Gasteiger partial charge in [-0.25, -0.2) is 9.78 Å². The van der Waals surface area contributed by atoms with Gasteiger partial charge in [-0.1, -0.05) is 0 Å². The van der Waals surface area contributed by atoms with Crippen LogP contribution in [0.1, 0.15) is 27.2 Å². The molecule has 0 aliphatic rings. The van der Waals surface area contributed by atoms with Gasteiger partial charge in [-0.2, -0.15) is 0 Å². The number of carbonyl (C=O) groups excluding carboxylic acids is 1. The minimum absolute atomic E-state index is 0.0462. The maximum Gasteiger partial charge on any atom is 0.412 e. The minimum Gasteiger partial charge on any atom is -0.497 e. The molecule has 2 N–H and O–H groups in total. The molecule has 0 saturated heterocycles. The van der Waals surface area contributed by atoms with Crippen LogP contribution in [0.15, 0.2) is 61.1 Å². The Kier molecular flexibility index (Phi) is 8.46. The summed E-state index contributed by atoms with van der Waals surface area (Å²) in [6.07, 6.45) is 4.81. The van der Waals surface area contributed by atoms with Crippen molar-refractivity contribution in [3.8, 4) is 22.8 Å². The molecule has 2 heterocycles. The maximum absolute atomic E-state index is 12.4. The lowest BCUT2D eigenvalue weighted by Crippen LogP contribution is -2.27. The number of hydrogen-bond acceptors (Lipinski definition) is 9. The second-order valence-electron chi connectivity index (χ2n) is 9.78. The molecule has 4 rings (SSSR count). The highest BCUT2D eigenvalue weighted by Crippen LogP contribution is 2.34. The molecular formula is C29H33N5O5. The first-order valence-electron chi connectivity index (χ1n) is 12.5. The third-order valence-corrected chi connectivity index (χ3v) is 5.76. The Morgan fingerprint density at radius 3 is 2.38 bits per heavy atom. The normalized spacial score (nSPS) is 11.2. The van der Waals surface area contributed by atoms with Gasteiger partial charge in [0.15, 0.2) is 0 Å². The lowest BCUT2D eigenvalue weighted by molar-refractivity contribution is 0.0636. The van der Waals surface area contributed by atoms with E-state index in [9.17, 15) is 9.90 Å². The van der Waals surface area contributed by atoms with Gasteiger partial charge in [0, 0.05) is 54.5 Å². The fourth-order valence-corrected chi connectivity index (χ4v) is 4.01. The Morgan fingerprint density at radius 1 is 0.974 bits per heavy atom. The standard InChI is InChI=1S/C29H33N5O5/c1-29(2,3)39-28(36)33-26-17-30-10-9-23(26)27-18-31-24-8-7-19(15-25(24)32-27)34(11-6-12-35)20-13-21(37-4)16-22(14-20)38-5/h7-10,13-18,35H,6,11-12H2,1-5H3,(H,33,36).